The summed E-state index contributed by atoms with van der Waals surface area (Å²) in [6.07, 6.45) is 0. The summed E-state index contributed by atoms with van der Waals surface area (Å²) < 4.78 is 91.7. The van der Waals surface area contributed by atoms with Crippen molar-refractivity contribution in [2.75, 3.05) is 7.05 Å². The summed E-state index contributed by atoms with van der Waals surface area (Å²) in [6.45, 7) is 3.99. The van der Waals surface area contributed by atoms with Crippen LogP contribution in [0.25, 0.3) is 0 Å². The van der Waals surface area contributed by atoms with Gasteiger partial charge in [-0.1, -0.05) is 20.8 Å². The van der Waals surface area contributed by atoms with Gasteiger partial charge >= 0.3 is 5.97 Å². The van der Waals surface area contributed by atoms with Crippen molar-refractivity contribution in [2.24, 2.45) is 5.41 Å². The van der Waals surface area contributed by atoms with Gasteiger partial charge in [-0.2, -0.15) is 4.31 Å². The average molecular weight is 375 g/mol. The van der Waals surface area contributed by atoms with E-state index in [-0.39, 0.29) is 4.31 Å². The normalized spacial score (nSPS) is 14.1. The molecule has 1 rings (SSSR count). The Morgan fingerprint density at radius 2 is 1.29 bits per heavy atom. The van der Waals surface area contributed by atoms with Gasteiger partial charge in [-0.25, -0.2) is 30.4 Å². The van der Waals surface area contributed by atoms with Gasteiger partial charge in [0.05, 0.1) is 0 Å². The quantitative estimate of drug-likeness (QED) is 0.499. The zero-order valence-corrected chi connectivity index (χ0v) is 13.8. The highest BCUT2D eigenvalue weighted by Crippen LogP contribution is 2.32. The van der Waals surface area contributed by atoms with Crippen LogP contribution < -0.4 is 0 Å². The number of carboxylic acid groups (broad SMARTS) is 1. The van der Waals surface area contributed by atoms with Gasteiger partial charge in [-0.05, 0) is 5.41 Å². The molecule has 0 saturated carbocycles. The number of aliphatic carboxylic acids is 1. The second-order valence-corrected chi connectivity index (χ2v) is 7.96. The maximum absolute atomic E-state index is 13.7. The fraction of sp³-hybridized carbons (Fsp3) is 0.462. The number of likely N-dealkylation sites (N-methyl/N-ethyl adjacent to an activating group) is 1. The molecule has 0 saturated heterocycles. The Bertz CT molecular complexity index is 760. The third kappa shape index (κ3) is 3.22. The topological polar surface area (TPSA) is 74.7 Å². The Hall–Kier alpha value is -1.75. The van der Waals surface area contributed by atoms with Gasteiger partial charge in [0.2, 0.25) is 15.8 Å². The van der Waals surface area contributed by atoms with Crippen molar-refractivity contribution in [3.05, 3.63) is 29.1 Å². The van der Waals surface area contributed by atoms with Crippen LogP contribution in [0.3, 0.4) is 0 Å². The molecule has 0 aliphatic rings. The number of sulfonamides is 1. The predicted octanol–water partition coefficient (Wildman–Crippen LogP) is 2.50. The Balaban J connectivity index is 3.71. The molecule has 1 N–H and O–H groups in total. The van der Waals surface area contributed by atoms with Crippen molar-refractivity contribution < 1.29 is 40.3 Å². The molecule has 11 heteroatoms. The third-order valence-corrected chi connectivity index (χ3v) is 5.07. The minimum absolute atomic E-state index is 0.0631. The van der Waals surface area contributed by atoms with E-state index in [0.29, 0.717) is 7.05 Å². The summed E-state index contributed by atoms with van der Waals surface area (Å²) in [7, 11) is -4.66. The van der Waals surface area contributed by atoms with Crippen molar-refractivity contribution >= 4 is 16.0 Å². The largest absolute Gasteiger partial charge is 0.480 e. The molecular weight excluding hydrogens is 361 g/mol. The predicted molar refractivity (Wildman–Crippen MR) is 72.1 cm³/mol. The molecule has 1 atom stereocenters. The second kappa shape index (κ2) is 6.28. The van der Waals surface area contributed by atoms with E-state index in [4.69, 9.17) is 0 Å². The standard InChI is InChI=1S/C13H14F5NO4S/c1-13(2,3)11(12(20)21)19(4)24(22,23)10-8(17)6(15)5(14)7(16)9(10)18/h11H,1-4H3,(H,20,21). The third-order valence-electron chi connectivity index (χ3n) is 3.22. The summed E-state index contributed by atoms with van der Waals surface area (Å²) >= 11 is 0. The molecule has 1 unspecified atom stereocenters. The molecule has 1 aromatic carbocycles. The first kappa shape index (κ1) is 20.3. The summed E-state index contributed by atoms with van der Waals surface area (Å²) in [5.74, 6) is -14.2. The van der Waals surface area contributed by atoms with Crippen LogP contribution >= 0.6 is 0 Å². The minimum atomic E-state index is -5.33. The Kier molecular flexibility index (Phi) is 5.31. The number of hydrogen-bond donors (Lipinski definition) is 1. The Morgan fingerprint density at radius 1 is 0.958 bits per heavy atom. The first-order valence-corrected chi connectivity index (χ1v) is 7.82. The van der Waals surface area contributed by atoms with Crippen LogP contribution in [0.1, 0.15) is 20.8 Å². The zero-order chi connectivity index (χ0) is 19.2. The second-order valence-electron chi connectivity index (χ2n) is 6.03. The lowest BCUT2D eigenvalue weighted by atomic mass is 9.87. The van der Waals surface area contributed by atoms with E-state index < -0.39 is 61.4 Å². The van der Waals surface area contributed by atoms with E-state index in [2.05, 4.69) is 0 Å². The van der Waals surface area contributed by atoms with Crippen molar-refractivity contribution in [1.82, 2.24) is 4.31 Å². The number of carboxylic acids is 1. The summed E-state index contributed by atoms with van der Waals surface area (Å²) in [6, 6.07) is -1.82. The van der Waals surface area contributed by atoms with Crippen molar-refractivity contribution in [3.8, 4) is 0 Å². The summed E-state index contributed by atoms with van der Waals surface area (Å²) in [5, 5.41) is 9.18. The smallest absolute Gasteiger partial charge is 0.322 e. The molecule has 0 aliphatic carbocycles. The highest BCUT2D eigenvalue weighted by molar-refractivity contribution is 7.89. The van der Waals surface area contributed by atoms with Crippen molar-refractivity contribution in [2.45, 2.75) is 31.7 Å². The summed E-state index contributed by atoms with van der Waals surface area (Å²) in [4.78, 5) is 9.22. The van der Waals surface area contributed by atoms with Crippen LogP contribution in [0.2, 0.25) is 0 Å². The van der Waals surface area contributed by atoms with Gasteiger partial charge in [0, 0.05) is 7.05 Å². The minimum Gasteiger partial charge on any atom is -0.480 e. The van der Waals surface area contributed by atoms with Crippen LogP contribution in [0.15, 0.2) is 4.90 Å². The molecular formula is C13H14F5NO4S. The van der Waals surface area contributed by atoms with Crippen molar-refractivity contribution in [3.63, 3.8) is 0 Å². The van der Waals surface area contributed by atoms with Gasteiger partial charge in [0.1, 0.15) is 6.04 Å². The lowest BCUT2D eigenvalue weighted by Gasteiger charge is -2.34. The maximum Gasteiger partial charge on any atom is 0.322 e. The molecule has 0 aliphatic heterocycles. The van der Waals surface area contributed by atoms with Crippen molar-refractivity contribution in [1.29, 1.82) is 0 Å². The average Bonchev–Trinajstić information content (AvgIpc) is 2.40. The fourth-order valence-electron chi connectivity index (χ4n) is 2.17. The van der Waals surface area contributed by atoms with Crippen LogP contribution in [-0.4, -0.2) is 36.9 Å². The van der Waals surface area contributed by atoms with Crippen LogP contribution in [-0.2, 0) is 14.8 Å². The van der Waals surface area contributed by atoms with Crippen LogP contribution in [0.5, 0.6) is 0 Å². The van der Waals surface area contributed by atoms with Gasteiger partial charge in [0.15, 0.2) is 28.2 Å². The molecule has 24 heavy (non-hydrogen) atoms. The number of hydrogen-bond acceptors (Lipinski definition) is 3. The van der Waals surface area contributed by atoms with E-state index >= 15 is 0 Å². The fourth-order valence-corrected chi connectivity index (χ4v) is 3.77. The molecule has 0 radical (unpaired) electrons. The number of carbonyl (C=O) groups is 1. The van der Waals surface area contributed by atoms with E-state index in [9.17, 15) is 40.3 Å². The maximum atomic E-state index is 13.7. The van der Waals surface area contributed by atoms with Gasteiger partial charge in [-0.3, -0.25) is 4.79 Å². The van der Waals surface area contributed by atoms with E-state index in [1.807, 2.05) is 0 Å². The zero-order valence-electron chi connectivity index (χ0n) is 13.0. The Morgan fingerprint density at radius 3 is 1.58 bits per heavy atom. The van der Waals surface area contributed by atoms with Crippen LogP contribution in [0, 0.1) is 34.5 Å². The highest BCUT2D eigenvalue weighted by atomic mass is 32.2. The molecule has 5 nitrogen and oxygen atoms in total. The highest BCUT2D eigenvalue weighted by Gasteiger charge is 2.44. The van der Waals surface area contributed by atoms with E-state index in [0.717, 1.165) is 0 Å². The first-order chi connectivity index (χ1) is 10.7. The molecule has 1 aromatic rings. The first-order valence-electron chi connectivity index (χ1n) is 6.38. The molecule has 0 spiro atoms. The molecule has 0 aromatic heterocycles. The summed E-state index contributed by atoms with van der Waals surface area (Å²) in [5.41, 5.74) is -1.24. The van der Waals surface area contributed by atoms with E-state index in [1.54, 1.807) is 0 Å². The van der Waals surface area contributed by atoms with Gasteiger partial charge in [0.25, 0.3) is 0 Å². The molecule has 0 heterocycles. The molecule has 0 bridgehead atoms. The van der Waals surface area contributed by atoms with Gasteiger partial charge in [-0.15, -0.1) is 0 Å². The lowest BCUT2D eigenvalue weighted by Crippen LogP contribution is -2.50. The molecule has 0 fully saturated rings. The lowest BCUT2D eigenvalue weighted by molar-refractivity contribution is -0.144. The van der Waals surface area contributed by atoms with Crippen LogP contribution in [0.4, 0.5) is 22.0 Å². The Labute approximate surface area is 134 Å². The number of nitrogens with zero attached hydrogens (tertiary/aromatic N) is 1. The number of benzene rings is 1. The van der Waals surface area contributed by atoms with E-state index in [1.165, 1.54) is 20.8 Å². The monoisotopic (exact) mass is 375 g/mol. The SMILES string of the molecule is CN(C(C(=O)O)C(C)(C)C)S(=O)(=O)c1c(F)c(F)c(F)c(F)c1F. The molecule has 136 valence electrons. The number of rotatable bonds is 4. The van der Waals surface area contributed by atoms with Gasteiger partial charge < -0.3 is 5.11 Å². The number of halogens is 5. The molecule has 0 amide bonds.